The van der Waals surface area contributed by atoms with Crippen molar-refractivity contribution in [3.8, 4) is 6.07 Å². The second-order valence-electron chi connectivity index (χ2n) is 6.30. The van der Waals surface area contributed by atoms with Crippen molar-refractivity contribution in [1.29, 1.82) is 5.26 Å². The number of nitriles is 1. The van der Waals surface area contributed by atoms with Crippen molar-refractivity contribution in [2.45, 2.75) is 71.8 Å². The average molecular weight is 293 g/mol. The molecule has 4 heteroatoms. The first kappa shape index (κ1) is 18.0. The minimum Gasteiger partial charge on any atom is -0.352 e. The Morgan fingerprint density at radius 1 is 1.29 bits per heavy atom. The SMILES string of the molecule is CCN(CC)CCCC(C)NC(=O)C1(C#N)CCCCC1. The molecule has 1 fully saturated rings. The standard InChI is InChI=1S/C17H31N3O/c1-4-20(5-2)13-9-10-15(3)19-16(21)17(14-18)11-7-6-8-12-17/h15H,4-13H2,1-3H3,(H,19,21). The molecule has 0 aromatic heterocycles. The summed E-state index contributed by atoms with van der Waals surface area (Å²) in [6, 6.07) is 2.45. The van der Waals surface area contributed by atoms with E-state index < -0.39 is 5.41 Å². The highest BCUT2D eigenvalue weighted by Crippen LogP contribution is 2.35. The number of amides is 1. The van der Waals surface area contributed by atoms with Gasteiger partial charge in [0.25, 0.3) is 0 Å². The highest BCUT2D eigenvalue weighted by atomic mass is 16.2. The zero-order valence-electron chi connectivity index (χ0n) is 14.0. The smallest absolute Gasteiger partial charge is 0.240 e. The van der Waals surface area contributed by atoms with E-state index in [1.165, 1.54) is 0 Å². The lowest BCUT2D eigenvalue weighted by Crippen LogP contribution is -2.45. The van der Waals surface area contributed by atoms with Crippen LogP contribution in [0.15, 0.2) is 0 Å². The third-order valence-corrected chi connectivity index (χ3v) is 4.74. The average Bonchev–Trinajstić information content (AvgIpc) is 2.52. The van der Waals surface area contributed by atoms with E-state index in [0.29, 0.717) is 0 Å². The quantitative estimate of drug-likeness (QED) is 0.748. The molecule has 21 heavy (non-hydrogen) atoms. The maximum Gasteiger partial charge on any atom is 0.240 e. The third-order valence-electron chi connectivity index (χ3n) is 4.74. The van der Waals surface area contributed by atoms with Gasteiger partial charge in [0.1, 0.15) is 5.41 Å². The van der Waals surface area contributed by atoms with Crippen molar-refractivity contribution in [3.63, 3.8) is 0 Å². The number of rotatable bonds is 8. The molecule has 1 unspecified atom stereocenters. The molecule has 0 heterocycles. The first-order valence-electron chi connectivity index (χ1n) is 8.52. The van der Waals surface area contributed by atoms with Crippen molar-refractivity contribution >= 4 is 5.91 Å². The summed E-state index contributed by atoms with van der Waals surface area (Å²) >= 11 is 0. The van der Waals surface area contributed by atoms with Gasteiger partial charge in [-0.1, -0.05) is 33.1 Å². The number of hydrogen-bond acceptors (Lipinski definition) is 3. The molecule has 120 valence electrons. The summed E-state index contributed by atoms with van der Waals surface area (Å²) in [6.45, 7) is 9.64. The Morgan fingerprint density at radius 3 is 2.43 bits per heavy atom. The third kappa shape index (κ3) is 5.32. The minimum atomic E-state index is -0.759. The molecular formula is C17H31N3O. The largest absolute Gasteiger partial charge is 0.352 e. The predicted octanol–water partition coefficient (Wildman–Crippen LogP) is 3.09. The van der Waals surface area contributed by atoms with Crippen LogP contribution >= 0.6 is 0 Å². The monoisotopic (exact) mass is 293 g/mol. The number of hydrogen-bond donors (Lipinski definition) is 1. The Morgan fingerprint density at radius 2 is 1.90 bits per heavy atom. The van der Waals surface area contributed by atoms with Gasteiger partial charge in [-0.05, 0) is 52.2 Å². The molecule has 1 amide bonds. The van der Waals surface area contributed by atoms with Gasteiger partial charge < -0.3 is 10.2 Å². The zero-order valence-corrected chi connectivity index (χ0v) is 14.0. The maximum absolute atomic E-state index is 12.4. The molecular weight excluding hydrogens is 262 g/mol. The van der Waals surface area contributed by atoms with E-state index in [9.17, 15) is 10.1 Å². The summed E-state index contributed by atoms with van der Waals surface area (Å²) in [5.74, 6) is -0.0416. The number of carbonyl (C=O) groups excluding carboxylic acids is 1. The van der Waals surface area contributed by atoms with Crippen LogP contribution in [-0.4, -0.2) is 36.5 Å². The van der Waals surface area contributed by atoms with Crippen LogP contribution in [0.25, 0.3) is 0 Å². The van der Waals surface area contributed by atoms with Crippen molar-refractivity contribution in [1.82, 2.24) is 10.2 Å². The number of carbonyl (C=O) groups is 1. The normalized spacial score (nSPS) is 19.0. The fourth-order valence-electron chi connectivity index (χ4n) is 3.14. The molecule has 0 aromatic carbocycles. The Kier molecular flexibility index (Phi) is 7.74. The molecule has 0 saturated heterocycles. The molecule has 0 bridgehead atoms. The van der Waals surface area contributed by atoms with Crippen LogP contribution in [0.2, 0.25) is 0 Å². The summed E-state index contributed by atoms with van der Waals surface area (Å²) in [4.78, 5) is 14.8. The van der Waals surface area contributed by atoms with Gasteiger partial charge in [0.05, 0.1) is 6.07 Å². The van der Waals surface area contributed by atoms with Crippen LogP contribution < -0.4 is 5.32 Å². The number of nitrogens with one attached hydrogen (secondary N) is 1. The highest BCUT2D eigenvalue weighted by Gasteiger charge is 2.40. The highest BCUT2D eigenvalue weighted by molar-refractivity contribution is 5.85. The second kappa shape index (κ2) is 9.04. The van der Waals surface area contributed by atoms with Gasteiger partial charge >= 0.3 is 0 Å². The van der Waals surface area contributed by atoms with Crippen LogP contribution in [0.3, 0.4) is 0 Å². The molecule has 4 nitrogen and oxygen atoms in total. The topological polar surface area (TPSA) is 56.1 Å². The summed E-state index contributed by atoms with van der Waals surface area (Å²) in [5, 5.41) is 12.5. The fraction of sp³-hybridized carbons (Fsp3) is 0.882. The zero-order chi connectivity index (χ0) is 15.7. The predicted molar refractivity (Wildman–Crippen MR) is 85.8 cm³/mol. The van der Waals surface area contributed by atoms with Crippen LogP contribution in [0, 0.1) is 16.7 Å². The lowest BCUT2D eigenvalue weighted by atomic mass is 9.74. The van der Waals surface area contributed by atoms with E-state index in [4.69, 9.17) is 0 Å². The van der Waals surface area contributed by atoms with E-state index in [1.807, 2.05) is 6.92 Å². The molecule has 0 aromatic rings. The Hall–Kier alpha value is -1.08. The van der Waals surface area contributed by atoms with E-state index in [1.54, 1.807) is 0 Å². The van der Waals surface area contributed by atoms with E-state index in [0.717, 1.165) is 64.6 Å². The molecule has 0 radical (unpaired) electrons. The van der Waals surface area contributed by atoms with E-state index in [-0.39, 0.29) is 11.9 Å². The van der Waals surface area contributed by atoms with Crippen LogP contribution in [0.1, 0.15) is 65.7 Å². The molecule has 0 spiro atoms. The van der Waals surface area contributed by atoms with Gasteiger partial charge in [-0.2, -0.15) is 5.26 Å². The molecule has 1 saturated carbocycles. The summed E-state index contributed by atoms with van der Waals surface area (Å²) < 4.78 is 0. The van der Waals surface area contributed by atoms with Crippen LogP contribution in [0.5, 0.6) is 0 Å². The van der Waals surface area contributed by atoms with Gasteiger partial charge in [0, 0.05) is 6.04 Å². The second-order valence-corrected chi connectivity index (χ2v) is 6.30. The van der Waals surface area contributed by atoms with Crippen molar-refractivity contribution < 1.29 is 4.79 Å². The van der Waals surface area contributed by atoms with Gasteiger partial charge in [-0.25, -0.2) is 0 Å². The lowest BCUT2D eigenvalue weighted by molar-refractivity contribution is -0.130. The minimum absolute atomic E-state index is 0.0416. The molecule has 0 aliphatic heterocycles. The van der Waals surface area contributed by atoms with Crippen molar-refractivity contribution in [2.75, 3.05) is 19.6 Å². The number of nitrogens with zero attached hydrogens (tertiary/aromatic N) is 2. The molecule has 1 atom stereocenters. The summed E-state index contributed by atoms with van der Waals surface area (Å²) in [7, 11) is 0. The molecule has 1 aliphatic rings. The van der Waals surface area contributed by atoms with Gasteiger partial charge in [0.2, 0.25) is 5.91 Å². The van der Waals surface area contributed by atoms with Crippen LogP contribution in [-0.2, 0) is 4.79 Å². The van der Waals surface area contributed by atoms with Gasteiger partial charge in [0.15, 0.2) is 0 Å². The molecule has 1 aliphatic carbocycles. The Bertz CT molecular complexity index is 352. The maximum atomic E-state index is 12.4. The molecule has 1 rings (SSSR count). The first-order valence-corrected chi connectivity index (χ1v) is 8.52. The summed E-state index contributed by atoms with van der Waals surface area (Å²) in [5.41, 5.74) is -0.759. The van der Waals surface area contributed by atoms with E-state index in [2.05, 4.69) is 30.1 Å². The van der Waals surface area contributed by atoms with Crippen molar-refractivity contribution in [2.24, 2.45) is 5.41 Å². The summed E-state index contributed by atoms with van der Waals surface area (Å²) in [6.07, 6.45) is 6.65. The van der Waals surface area contributed by atoms with Crippen molar-refractivity contribution in [3.05, 3.63) is 0 Å². The lowest BCUT2D eigenvalue weighted by Gasteiger charge is -2.30. The van der Waals surface area contributed by atoms with E-state index >= 15 is 0 Å². The first-order chi connectivity index (χ1) is 10.1. The van der Waals surface area contributed by atoms with Gasteiger partial charge in [-0.15, -0.1) is 0 Å². The van der Waals surface area contributed by atoms with Crippen LogP contribution in [0.4, 0.5) is 0 Å². The fourth-order valence-corrected chi connectivity index (χ4v) is 3.14. The Labute approximate surface area is 129 Å². The van der Waals surface area contributed by atoms with Gasteiger partial charge in [-0.3, -0.25) is 4.79 Å². The Balaban J connectivity index is 2.37. The molecule has 1 N–H and O–H groups in total.